The third-order valence-corrected chi connectivity index (χ3v) is 6.47. The van der Waals surface area contributed by atoms with Crippen molar-refractivity contribution in [3.05, 3.63) is 95.3 Å². The molecule has 3 aromatic carbocycles. The summed E-state index contributed by atoms with van der Waals surface area (Å²) in [5.41, 5.74) is 4.92. The van der Waals surface area contributed by atoms with Crippen molar-refractivity contribution in [3.63, 3.8) is 0 Å². The Morgan fingerprint density at radius 2 is 1.43 bits per heavy atom. The quantitative estimate of drug-likeness (QED) is 0.448. The molecule has 0 unspecified atom stereocenters. The first-order valence-corrected chi connectivity index (χ1v) is 11.2. The summed E-state index contributed by atoms with van der Waals surface area (Å²) in [6, 6.07) is 21.6. The van der Waals surface area contributed by atoms with Gasteiger partial charge in [0.15, 0.2) is 0 Å². The van der Waals surface area contributed by atoms with Crippen LogP contribution in [0.5, 0.6) is 23.0 Å². The Kier molecular flexibility index (Phi) is 5.06. The molecular formula is C27H24N4O4. The Morgan fingerprint density at radius 1 is 0.800 bits per heavy atom. The van der Waals surface area contributed by atoms with E-state index >= 15 is 0 Å². The number of anilines is 1. The Morgan fingerprint density at radius 3 is 2.09 bits per heavy atom. The van der Waals surface area contributed by atoms with Crippen molar-refractivity contribution >= 4 is 11.6 Å². The molecule has 0 radical (unpaired) electrons. The van der Waals surface area contributed by atoms with E-state index < -0.39 is 0 Å². The van der Waals surface area contributed by atoms with Crippen LogP contribution in [0.25, 0.3) is 5.70 Å². The maximum Gasteiger partial charge on any atom is 0.226 e. The molecule has 4 aromatic rings. The topological polar surface area (TPSA) is 79.7 Å². The van der Waals surface area contributed by atoms with Gasteiger partial charge in [0.1, 0.15) is 41.5 Å². The Bertz CT molecular complexity index is 1410. The van der Waals surface area contributed by atoms with Gasteiger partial charge in [-0.3, -0.25) is 0 Å². The summed E-state index contributed by atoms with van der Waals surface area (Å²) < 4.78 is 24.9. The van der Waals surface area contributed by atoms with Gasteiger partial charge < -0.3 is 24.3 Å². The first-order chi connectivity index (χ1) is 17.2. The fourth-order valence-corrected chi connectivity index (χ4v) is 4.74. The molecular weight excluding hydrogens is 444 g/mol. The van der Waals surface area contributed by atoms with Gasteiger partial charge in [-0.25, -0.2) is 4.68 Å². The molecule has 6 rings (SSSR count). The smallest absolute Gasteiger partial charge is 0.226 e. The van der Waals surface area contributed by atoms with Gasteiger partial charge in [-0.1, -0.05) is 24.3 Å². The van der Waals surface area contributed by atoms with Crippen molar-refractivity contribution in [2.24, 2.45) is 0 Å². The zero-order chi connectivity index (χ0) is 23.9. The predicted octanol–water partition coefficient (Wildman–Crippen LogP) is 4.86. The van der Waals surface area contributed by atoms with Gasteiger partial charge in [0, 0.05) is 11.1 Å². The molecule has 1 aromatic heterocycles. The fraction of sp³-hybridized carbons (Fsp3) is 0.185. The average molecular weight is 469 g/mol. The van der Waals surface area contributed by atoms with Gasteiger partial charge in [0.25, 0.3) is 0 Å². The monoisotopic (exact) mass is 468 g/mol. The van der Waals surface area contributed by atoms with E-state index in [9.17, 15) is 0 Å². The second-order valence-corrected chi connectivity index (χ2v) is 8.29. The second kappa shape index (κ2) is 8.39. The van der Waals surface area contributed by atoms with Crippen molar-refractivity contribution < 1.29 is 18.9 Å². The molecule has 0 amide bonds. The predicted molar refractivity (Wildman–Crippen MR) is 131 cm³/mol. The number of ether oxygens (including phenoxy) is 4. The lowest BCUT2D eigenvalue weighted by Crippen LogP contribution is -2.32. The van der Waals surface area contributed by atoms with E-state index in [1.165, 1.54) is 0 Å². The number of rotatable bonds is 5. The molecule has 0 saturated carbocycles. The van der Waals surface area contributed by atoms with E-state index in [2.05, 4.69) is 27.5 Å². The lowest BCUT2D eigenvalue weighted by atomic mass is 9.84. The van der Waals surface area contributed by atoms with E-state index in [1.54, 1.807) is 27.7 Å². The summed E-state index contributed by atoms with van der Waals surface area (Å²) in [6.07, 6.45) is 1.20. The van der Waals surface area contributed by atoms with Crippen LogP contribution in [-0.4, -0.2) is 36.1 Å². The third-order valence-electron chi connectivity index (χ3n) is 6.47. The normalized spacial score (nSPS) is 17.9. The molecule has 2 aliphatic heterocycles. The fourth-order valence-electron chi connectivity index (χ4n) is 4.74. The van der Waals surface area contributed by atoms with Gasteiger partial charge in [-0.2, -0.15) is 10.1 Å². The molecule has 0 fully saturated rings. The summed E-state index contributed by atoms with van der Waals surface area (Å²) in [5.74, 6) is 3.75. The molecule has 2 aliphatic rings. The van der Waals surface area contributed by atoms with Crippen LogP contribution in [0.4, 0.5) is 5.95 Å². The first-order valence-electron chi connectivity index (χ1n) is 11.2. The number of hydrogen-bond donors (Lipinski definition) is 1. The van der Waals surface area contributed by atoms with Gasteiger partial charge in [0.2, 0.25) is 5.95 Å². The van der Waals surface area contributed by atoms with Crippen molar-refractivity contribution in [1.29, 1.82) is 0 Å². The van der Waals surface area contributed by atoms with E-state index in [0.717, 1.165) is 51.0 Å². The van der Waals surface area contributed by atoms with E-state index in [-0.39, 0.29) is 12.1 Å². The van der Waals surface area contributed by atoms with Gasteiger partial charge in [-0.05, 0) is 53.6 Å². The molecule has 0 saturated heterocycles. The molecule has 176 valence electrons. The van der Waals surface area contributed by atoms with Crippen LogP contribution in [-0.2, 0) is 0 Å². The second-order valence-electron chi connectivity index (χ2n) is 8.29. The molecule has 35 heavy (non-hydrogen) atoms. The highest BCUT2D eigenvalue weighted by Crippen LogP contribution is 2.51. The van der Waals surface area contributed by atoms with Crippen molar-refractivity contribution in [2.75, 3.05) is 26.6 Å². The summed E-state index contributed by atoms with van der Waals surface area (Å²) in [7, 11) is 4.98. The molecule has 0 bridgehead atoms. The van der Waals surface area contributed by atoms with Crippen LogP contribution < -0.4 is 24.3 Å². The lowest BCUT2D eigenvalue weighted by Gasteiger charge is -2.39. The Hall–Kier alpha value is -4.46. The van der Waals surface area contributed by atoms with E-state index in [1.807, 2.05) is 59.3 Å². The van der Waals surface area contributed by atoms with Crippen LogP contribution in [0.1, 0.15) is 28.8 Å². The lowest BCUT2D eigenvalue weighted by molar-refractivity contribution is 0.222. The summed E-state index contributed by atoms with van der Waals surface area (Å²) >= 11 is 0. The maximum absolute atomic E-state index is 6.67. The zero-order valence-corrected chi connectivity index (χ0v) is 19.6. The van der Waals surface area contributed by atoms with Gasteiger partial charge >= 0.3 is 0 Å². The van der Waals surface area contributed by atoms with Gasteiger partial charge in [-0.15, -0.1) is 0 Å². The number of fused-ring (bicyclic) bond motifs is 3. The zero-order valence-electron chi connectivity index (χ0n) is 19.6. The third kappa shape index (κ3) is 3.45. The molecule has 1 N–H and O–H groups in total. The Balaban J connectivity index is 1.59. The van der Waals surface area contributed by atoms with Gasteiger partial charge in [0.05, 0.1) is 27.0 Å². The standard InChI is InChI=1S/C27H24N4O4/c1-32-18-8-4-16(5-9-18)25-23-24(30-27-28-15-29-31(25)27)21-14-20(34-3)12-13-22(21)35-26(23)17-6-10-19(33-2)11-7-17/h4-15,25-26H,1-3H3,(H,28,29,30)/t25-,26+/m0/s1. The number of hydrogen-bond acceptors (Lipinski definition) is 7. The van der Waals surface area contributed by atoms with Crippen LogP contribution in [0, 0.1) is 0 Å². The summed E-state index contributed by atoms with van der Waals surface area (Å²) in [5, 5.41) is 8.09. The molecule has 0 spiro atoms. The van der Waals surface area contributed by atoms with Crippen LogP contribution in [0.15, 0.2) is 78.6 Å². The highest BCUT2D eigenvalue weighted by Gasteiger charge is 2.41. The minimum atomic E-state index is -0.367. The van der Waals surface area contributed by atoms with Crippen LogP contribution >= 0.6 is 0 Å². The highest BCUT2D eigenvalue weighted by atomic mass is 16.5. The highest BCUT2D eigenvalue weighted by molar-refractivity contribution is 5.85. The van der Waals surface area contributed by atoms with Crippen LogP contribution in [0.3, 0.4) is 0 Å². The van der Waals surface area contributed by atoms with E-state index in [0.29, 0.717) is 5.95 Å². The number of nitrogens with one attached hydrogen (secondary N) is 1. The average Bonchev–Trinajstić information content (AvgIpc) is 3.39. The van der Waals surface area contributed by atoms with Crippen LogP contribution in [0.2, 0.25) is 0 Å². The first kappa shape index (κ1) is 21.1. The summed E-state index contributed by atoms with van der Waals surface area (Å²) in [4.78, 5) is 4.49. The maximum atomic E-state index is 6.67. The number of benzene rings is 3. The number of nitrogens with zero attached hydrogens (tertiary/aromatic N) is 3. The van der Waals surface area contributed by atoms with Crippen molar-refractivity contribution in [3.8, 4) is 23.0 Å². The summed E-state index contributed by atoms with van der Waals surface area (Å²) in [6.45, 7) is 0. The SMILES string of the molecule is COc1ccc([C@H]2C3=C(Nc4ncnn42)c2cc(OC)ccc2O[C@@H]3c2ccc(OC)cc2)cc1. The van der Waals surface area contributed by atoms with Crippen molar-refractivity contribution in [1.82, 2.24) is 14.8 Å². The molecule has 3 heterocycles. The molecule has 8 nitrogen and oxygen atoms in total. The number of methoxy groups -OCH3 is 3. The molecule has 0 aliphatic carbocycles. The Labute approximate surface area is 202 Å². The number of aromatic nitrogens is 3. The van der Waals surface area contributed by atoms with Crippen molar-refractivity contribution in [2.45, 2.75) is 12.1 Å². The minimum Gasteiger partial charge on any atom is -0.497 e. The van der Waals surface area contributed by atoms with E-state index in [4.69, 9.17) is 18.9 Å². The molecule has 2 atom stereocenters. The minimum absolute atomic E-state index is 0.249. The molecule has 8 heteroatoms. The largest absolute Gasteiger partial charge is 0.497 e.